The highest BCUT2D eigenvalue weighted by Crippen LogP contribution is 2.32. The van der Waals surface area contributed by atoms with Gasteiger partial charge in [0.25, 0.3) is 0 Å². The zero-order chi connectivity index (χ0) is 16.4. The molecule has 0 radical (unpaired) electrons. The topological polar surface area (TPSA) is 105 Å². The van der Waals surface area contributed by atoms with Gasteiger partial charge in [0.05, 0.1) is 11.6 Å². The van der Waals surface area contributed by atoms with Crippen molar-refractivity contribution in [3.63, 3.8) is 0 Å². The van der Waals surface area contributed by atoms with E-state index >= 15 is 0 Å². The molecule has 1 aromatic carbocycles. The van der Waals surface area contributed by atoms with Crippen molar-refractivity contribution in [2.24, 2.45) is 5.92 Å². The van der Waals surface area contributed by atoms with E-state index in [1.807, 2.05) is 6.07 Å². The fourth-order valence-corrected chi connectivity index (χ4v) is 2.72. The number of benzene rings is 1. The van der Waals surface area contributed by atoms with Gasteiger partial charge in [-0.2, -0.15) is 15.0 Å². The smallest absolute Gasteiger partial charge is 0.432 e. The maximum atomic E-state index is 11.0. The molecule has 0 amide bonds. The van der Waals surface area contributed by atoms with E-state index in [1.54, 1.807) is 12.1 Å². The van der Waals surface area contributed by atoms with Gasteiger partial charge in [-0.15, -0.1) is 0 Å². The number of nitrogens with zero attached hydrogens (tertiary/aromatic N) is 3. The van der Waals surface area contributed by atoms with Crippen LogP contribution >= 0.6 is 0 Å². The van der Waals surface area contributed by atoms with Gasteiger partial charge in [-0.25, -0.2) is 4.79 Å². The van der Waals surface area contributed by atoms with E-state index < -0.39 is 6.09 Å². The molecule has 1 atom stereocenters. The lowest BCUT2D eigenvalue weighted by molar-refractivity contribution is -0.110. The first-order valence-electron chi connectivity index (χ1n) is 7.02. The van der Waals surface area contributed by atoms with Gasteiger partial charge in [-0.3, -0.25) is 0 Å². The Hall–Kier alpha value is -3.14. The molecule has 0 saturated heterocycles. The summed E-state index contributed by atoms with van der Waals surface area (Å²) in [7, 11) is 0. The Bertz CT molecular complexity index is 819. The van der Waals surface area contributed by atoms with Crippen LogP contribution in [0.2, 0.25) is 0 Å². The number of fused-ring (bicyclic) bond motifs is 1. The van der Waals surface area contributed by atoms with Crippen LogP contribution in [0.5, 0.6) is 5.75 Å². The molecule has 7 nitrogen and oxygen atoms in total. The average molecular weight is 311 g/mol. The Morgan fingerprint density at radius 3 is 3.00 bits per heavy atom. The van der Waals surface area contributed by atoms with Crippen molar-refractivity contribution >= 4 is 12.4 Å². The molecule has 0 aliphatic heterocycles. The standard InChI is InChI=1S/C16H13N3O4/c17-7-12-6-14(5-11-3-10(8-20)4-15(11)12)23-9-13-1-2-19(18-13)16(21)22/h1-2,5-6,8,10H,3-4,9H2,(H,21,22). The normalized spacial score (nSPS) is 15.7. The average Bonchev–Trinajstić information content (AvgIpc) is 3.18. The number of hydrogen-bond donors (Lipinski definition) is 1. The number of carboxylic acid groups (broad SMARTS) is 1. The second kappa shape index (κ2) is 5.93. The Labute approximate surface area is 131 Å². The molecule has 1 aliphatic rings. The number of nitriles is 1. The van der Waals surface area contributed by atoms with Crippen molar-refractivity contribution in [3.8, 4) is 11.8 Å². The summed E-state index contributed by atoms with van der Waals surface area (Å²) >= 11 is 0. The summed E-state index contributed by atoms with van der Waals surface area (Å²) in [6, 6.07) is 7.15. The van der Waals surface area contributed by atoms with Gasteiger partial charge < -0.3 is 14.6 Å². The fraction of sp³-hybridized carbons (Fsp3) is 0.250. The van der Waals surface area contributed by atoms with E-state index in [9.17, 15) is 14.9 Å². The number of ether oxygens (including phenoxy) is 1. The predicted octanol–water partition coefficient (Wildman–Crippen LogP) is 1.77. The van der Waals surface area contributed by atoms with Crippen LogP contribution in [-0.4, -0.2) is 27.3 Å². The number of carbonyl (C=O) groups is 2. The lowest BCUT2D eigenvalue weighted by Crippen LogP contribution is -2.09. The molecule has 1 aromatic heterocycles. The van der Waals surface area contributed by atoms with Crippen LogP contribution in [0.25, 0.3) is 0 Å². The number of aromatic nitrogens is 2. The monoisotopic (exact) mass is 311 g/mol. The molecule has 116 valence electrons. The van der Waals surface area contributed by atoms with Crippen LogP contribution in [0.4, 0.5) is 4.79 Å². The van der Waals surface area contributed by atoms with Crippen LogP contribution in [0, 0.1) is 17.2 Å². The summed E-state index contributed by atoms with van der Waals surface area (Å²) in [5, 5.41) is 21.9. The van der Waals surface area contributed by atoms with Gasteiger partial charge in [-0.05, 0) is 42.2 Å². The van der Waals surface area contributed by atoms with E-state index in [-0.39, 0.29) is 12.5 Å². The highest BCUT2D eigenvalue weighted by atomic mass is 16.5. The zero-order valence-corrected chi connectivity index (χ0v) is 12.1. The Kier molecular flexibility index (Phi) is 3.81. The first kappa shape index (κ1) is 14.8. The molecule has 1 aliphatic carbocycles. The summed E-state index contributed by atoms with van der Waals surface area (Å²) in [5.74, 6) is 0.426. The quantitative estimate of drug-likeness (QED) is 0.863. The van der Waals surface area contributed by atoms with Gasteiger partial charge in [-0.1, -0.05) is 0 Å². The SMILES string of the molecule is N#Cc1cc(OCc2ccn(C(=O)O)n2)cc2c1CC(C=O)C2. The van der Waals surface area contributed by atoms with E-state index in [4.69, 9.17) is 9.84 Å². The van der Waals surface area contributed by atoms with Gasteiger partial charge >= 0.3 is 6.09 Å². The molecule has 0 bridgehead atoms. The van der Waals surface area contributed by atoms with Crippen molar-refractivity contribution in [2.45, 2.75) is 19.4 Å². The number of hydrogen-bond acceptors (Lipinski definition) is 5. The molecular formula is C16H13N3O4. The minimum absolute atomic E-state index is 0.0846. The van der Waals surface area contributed by atoms with Crippen LogP contribution in [0.1, 0.15) is 22.4 Å². The first-order valence-corrected chi connectivity index (χ1v) is 7.02. The Morgan fingerprint density at radius 1 is 1.52 bits per heavy atom. The Morgan fingerprint density at radius 2 is 2.35 bits per heavy atom. The summed E-state index contributed by atoms with van der Waals surface area (Å²) < 4.78 is 6.42. The molecule has 1 heterocycles. The van der Waals surface area contributed by atoms with Crippen molar-refractivity contribution in [1.82, 2.24) is 9.78 Å². The van der Waals surface area contributed by atoms with Crippen molar-refractivity contribution in [1.29, 1.82) is 5.26 Å². The minimum Gasteiger partial charge on any atom is -0.487 e. The molecule has 7 heteroatoms. The van der Waals surface area contributed by atoms with Crippen molar-refractivity contribution < 1.29 is 19.4 Å². The third kappa shape index (κ3) is 2.92. The van der Waals surface area contributed by atoms with Gasteiger partial charge in [0.1, 0.15) is 24.3 Å². The van der Waals surface area contributed by atoms with Gasteiger partial charge in [0.15, 0.2) is 0 Å². The lowest BCUT2D eigenvalue weighted by Gasteiger charge is -2.08. The first-order chi connectivity index (χ1) is 11.1. The number of rotatable bonds is 4. The van der Waals surface area contributed by atoms with Gasteiger partial charge in [0.2, 0.25) is 0 Å². The van der Waals surface area contributed by atoms with E-state index in [0.29, 0.717) is 29.8 Å². The fourth-order valence-electron chi connectivity index (χ4n) is 2.72. The largest absolute Gasteiger partial charge is 0.487 e. The molecule has 23 heavy (non-hydrogen) atoms. The second-order valence-electron chi connectivity index (χ2n) is 5.35. The van der Waals surface area contributed by atoms with Crippen molar-refractivity contribution in [3.05, 3.63) is 46.8 Å². The van der Waals surface area contributed by atoms with Crippen molar-refractivity contribution in [2.75, 3.05) is 0 Å². The molecule has 0 spiro atoms. The highest BCUT2D eigenvalue weighted by Gasteiger charge is 2.24. The predicted molar refractivity (Wildman–Crippen MR) is 78.1 cm³/mol. The van der Waals surface area contributed by atoms with Crippen LogP contribution < -0.4 is 4.74 Å². The lowest BCUT2D eigenvalue weighted by atomic mass is 10.0. The summed E-state index contributed by atoms with van der Waals surface area (Å²) in [6.07, 6.45) is 2.28. The molecule has 0 saturated carbocycles. The minimum atomic E-state index is -1.17. The molecule has 1 N–H and O–H groups in total. The van der Waals surface area contributed by atoms with E-state index in [2.05, 4.69) is 11.2 Å². The number of carbonyl (C=O) groups excluding carboxylic acids is 1. The maximum absolute atomic E-state index is 11.0. The molecule has 2 aromatic rings. The molecule has 1 unspecified atom stereocenters. The third-order valence-electron chi connectivity index (χ3n) is 3.80. The third-order valence-corrected chi connectivity index (χ3v) is 3.80. The second-order valence-corrected chi connectivity index (χ2v) is 5.35. The molecular weight excluding hydrogens is 298 g/mol. The van der Waals surface area contributed by atoms with E-state index in [0.717, 1.165) is 22.1 Å². The van der Waals surface area contributed by atoms with Crippen LogP contribution in [0.3, 0.4) is 0 Å². The maximum Gasteiger partial charge on any atom is 0.432 e. The molecule has 3 rings (SSSR count). The Balaban J connectivity index is 1.77. The summed E-state index contributed by atoms with van der Waals surface area (Å²) in [5.41, 5.74) is 2.84. The van der Waals surface area contributed by atoms with Crippen LogP contribution in [-0.2, 0) is 24.2 Å². The highest BCUT2D eigenvalue weighted by molar-refractivity contribution is 5.66. The van der Waals surface area contributed by atoms with Gasteiger partial charge in [0, 0.05) is 12.1 Å². The summed E-state index contributed by atoms with van der Waals surface area (Å²) in [4.78, 5) is 21.7. The van der Waals surface area contributed by atoms with Crippen LogP contribution in [0.15, 0.2) is 24.4 Å². The van der Waals surface area contributed by atoms with E-state index in [1.165, 1.54) is 6.20 Å². The zero-order valence-electron chi connectivity index (χ0n) is 12.1. The molecule has 0 fully saturated rings. The number of aldehydes is 1. The summed E-state index contributed by atoms with van der Waals surface area (Å²) in [6.45, 7) is 0.0983.